The van der Waals surface area contributed by atoms with Gasteiger partial charge in [-0.3, -0.25) is 9.69 Å². The van der Waals surface area contributed by atoms with Crippen molar-refractivity contribution in [2.45, 2.75) is 39.3 Å². The average molecular weight is 371 g/mol. The third-order valence-electron chi connectivity index (χ3n) is 3.60. The molecule has 2 amide bonds. The van der Waals surface area contributed by atoms with E-state index >= 15 is 0 Å². The van der Waals surface area contributed by atoms with Gasteiger partial charge in [0.2, 0.25) is 11.2 Å². The number of carbonyl (C=O) groups is 2. The summed E-state index contributed by atoms with van der Waals surface area (Å²) in [4.78, 5) is 35.4. The van der Waals surface area contributed by atoms with E-state index in [1.165, 1.54) is 17.3 Å². The second kappa shape index (κ2) is 7.86. The summed E-state index contributed by atoms with van der Waals surface area (Å²) in [6.45, 7) is 8.66. The molecule has 0 bridgehead atoms. The maximum absolute atomic E-state index is 12.5. The number of aromatic nitrogens is 2. The van der Waals surface area contributed by atoms with Crippen molar-refractivity contribution in [2.75, 3.05) is 26.2 Å². The number of carbonyl (C=O) groups excluding carboxylic acids is 2. The van der Waals surface area contributed by atoms with E-state index in [9.17, 15) is 9.59 Å². The third kappa shape index (κ3) is 5.45. The number of amides is 2. The molecule has 0 radical (unpaired) electrons. The quantitative estimate of drug-likeness (QED) is 0.753. The molecule has 1 aromatic rings. The normalized spacial score (nSPS) is 18.3. The molecule has 1 fully saturated rings. The molecule has 2 rings (SSSR count). The number of rotatable bonds is 4. The Hall–Kier alpha value is -2.09. The molecule has 1 aliphatic rings. The average Bonchev–Trinajstić information content (AvgIpc) is 2.51. The molecule has 1 unspecified atom stereocenters. The van der Waals surface area contributed by atoms with Crippen LogP contribution in [0, 0.1) is 0 Å². The summed E-state index contributed by atoms with van der Waals surface area (Å²) >= 11 is 5.61. The number of hydrogen-bond donors (Lipinski definition) is 0. The Morgan fingerprint density at radius 3 is 2.56 bits per heavy atom. The van der Waals surface area contributed by atoms with Crippen molar-refractivity contribution in [1.29, 1.82) is 0 Å². The SMILES string of the molecule is CC1C(=O)N(CCOc2cnc(Cl)nc2)CCN1C(=O)OC(C)(C)C. The first-order valence-electron chi connectivity index (χ1n) is 8.06. The third-order valence-corrected chi connectivity index (χ3v) is 3.80. The van der Waals surface area contributed by atoms with Gasteiger partial charge in [-0.25, -0.2) is 14.8 Å². The highest BCUT2D eigenvalue weighted by atomic mass is 35.5. The molecule has 0 N–H and O–H groups in total. The molecule has 0 spiro atoms. The number of hydrogen-bond acceptors (Lipinski definition) is 6. The lowest BCUT2D eigenvalue weighted by molar-refractivity contribution is -0.141. The summed E-state index contributed by atoms with van der Waals surface area (Å²) in [6.07, 6.45) is 2.48. The molecule has 0 aliphatic carbocycles. The van der Waals surface area contributed by atoms with Crippen LogP contribution in [0.25, 0.3) is 0 Å². The predicted molar refractivity (Wildman–Crippen MR) is 91.5 cm³/mol. The molecule has 1 aromatic heterocycles. The maximum Gasteiger partial charge on any atom is 0.411 e. The van der Waals surface area contributed by atoms with E-state index in [2.05, 4.69) is 9.97 Å². The number of ether oxygens (including phenoxy) is 2. The van der Waals surface area contributed by atoms with Crippen LogP contribution in [0.15, 0.2) is 12.4 Å². The summed E-state index contributed by atoms with van der Waals surface area (Å²) in [7, 11) is 0. The fraction of sp³-hybridized carbons (Fsp3) is 0.625. The van der Waals surface area contributed by atoms with Crippen molar-refractivity contribution in [3.05, 3.63) is 17.7 Å². The van der Waals surface area contributed by atoms with Gasteiger partial charge in [0, 0.05) is 13.1 Å². The van der Waals surface area contributed by atoms with Crippen molar-refractivity contribution >= 4 is 23.6 Å². The zero-order chi connectivity index (χ0) is 18.6. The van der Waals surface area contributed by atoms with Gasteiger partial charge in [0.15, 0.2) is 5.75 Å². The number of halogens is 1. The Kier molecular flexibility index (Phi) is 6.05. The molecule has 2 heterocycles. The number of nitrogens with zero attached hydrogens (tertiary/aromatic N) is 4. The lowest BCUT2D eigenvalue weighted by Crippen LogP contribution is -2.58. The molecule has 1 aliphatic heterocycles. The van der Waals surface area contributed by atoms with Crippen LogP contribution in [0.3, 0.4) is 0 Å². The molecular formula is C16H23ClN4O4. The van der Waals surface area contributed by atoms with Gasteiger partial charge in [-0.15, -0.1) is 0 Å². The summed E-state index contributed by atoms with van der Waals surface area (Å²) in [5.74, 6) is 0.352. The first-order valence-corrected chi connectivity index (χ1v) is 8.44. The summed E-state index contributed by atoms with van der Waals surface area (Å²) in [5.41, 5.74) is -0.592. The van der Waals surface area contributed by atoms with Crippen molar-refractivity contribution in [1.82, 2.24) is 19.8 Å². The molecule has 1 saturated heterocycles. The summed E-state index contributed by atoms with van der Waals surface area (Å²) < 4.78 is 10.9. The van der Waals surface area contributed by atoms with Crippen LogP contribution in [-0.2, 0) is 9.53 Å². The number of piperazine rings is 1. The molecule has 9 heteroatoms. The largest absolute Gasteiger partial charge is 0.488 e. The summed E-state index contributed by atoms with van der Waals surface area (Å²) in [5, 5.41) is 0.148. The first kappa shape index (κ1) is 19.2. The maximum atomic E-state index is 12.5. The van der Waals surface area contributed by atoms with E-state index in [0.29, 0.717) is 32.0 Å². The molecule has 0 aromatic carbocycles. The lowest BCUT2D eigenvalue weighted by atomic mass is 10.2. The second-order valence-electron chi connectivity index (χ2n) is 6.71. The van der Waals surface area contributed by atoms with Crippen LogP contribution in [0.5, 0.6) is 5.75 Å². The highest BCUT2D eigenvalue weighted by Gasteiger charge is 2.36. The molecule has 138 valence electrons. The minimum Gasteiger partial charge on any atom is -0.488 e. The van der Waals surface area contributed by atoms with Crippen LogP contribution in [-0.4, -0.2) is 69.7 Å². The Morgan fingerprint density at radius 1 is 1.32 bits per heavy atom. The van der Waals surface area contributed by atoms with Gasteiger partial charge in [0.1, 0.15) is 18.2 Å². The van der Waals surface area contributed by atoms with Gasteiger partial charge in [-0.05, 0) is 39.3 Å². The smallest absolute Gasteiger partial charge is 0.411 e. The zero-order valence-corrected chi connectivity index (χ0v) is 15.6. The van der Waals surface area contributed by atoms with E-state index in [-0.39, 0.29) is 11.2 Å². The van der Waals surface area contributed by atoms with Gasteiger partial charge < -0.3 is 14.4 Å². The molecule has 1 atom stereocenters. The fourth-order valence-electron chi connectivity index (χ4n) is 2.37. The van der Waals surface area contributed by atoms with E-state index < -0.39 is 17.7 Å². The topological polar surface area (TPSA) is 84.9 Å². The minimum absolute atomic E-state index is 0.131. The first-order chi connectivity index (χ1) is 11.7. The van der Waals surface area contributed by atoms with Crippen LogP contribution in [0.2, 0.25) is 5.28 Å². The highest BCUT2D eigenvalue weighted by molar-refractivity contribution is 6.28. The standard InChI is InChI=1S/C16H23ClN4O4/c1-11-13(22)20(5-6-21(11)15(23)25-16(2,3)4)7-8-24-12-9-18-14(17)19-10-12/h9-11H,5-8H2,1-4H3. The Balaban J connectivity index is 1.84. The summed E-state index contributed by atoms with van der Waals surface area (Å²) in [6, 6.07) is -0.567. The molecule has 0 saturated carbocycles. The van der Waals surface area contributed by atoms with Crippen molar-refractivity contribution in [2.24, 2.45) is 0 Å². The second-order valence-corrected chi connectivity index (χ2v) is 7.05. The van der Waals surface area contributed by atoms with Crippen molar-refractivity contribution < 1.29 is 19.1 Å². The highest BCUT2D eigenvalue weighted by Crippen LogP contribution is 2.17. The van der Waals surface area contributed by atoms with Gasteiger partial charge in [0.25, 0.3) is 0 Å². The zero-order valence-electron chi connectivity index (χ0n) is 14.9. The van der Waals surface area contributed by atoms with E-state index in [0.717, 1.165) is 0 Å². The van der Waals surface area contributed by atoms with Crippen molar-refractivity contribution in [3.63, 3.8) is 0 Å². The van der Waals surface area contributed by atoms with E-state index in [1.54, 1.807) is 32.6 Å². The molecule has 8 nitrogen and oxygen atoms in total. The minimum atomic E-state index is -0.592. The van der Waals surface area contributed by atoms with Gasteiger partial charge in [-0.2, -0.15) is 0 Å². The fourth-order valence-corrected chi connectivity index (χ4v) is 2.47. The molecule has 25 heavy (non-hydrogen) atoms. The van der Waals surface area contributed by atoms with Crippen LogP contribution in [0.1, 0.15) is 27.7 Å². The van der Waals surface area contributed by atoms with Gasteiger partial charge >= 0.3 is 6.09 Å². The van der Waals surface area contributed by atoms with Gasteiger partial charge in [-0.1, -0.05) is 0 Å². The molecular weight excluding hydrogens is 348 g/mol. The van der Waals surface area contributed by atoms with E-state index in [4.69, 9.17) is 21.1 Å². The Morgan fingerprint density at radius 2 is 1.96 bits per heavy atom. The van der Waals surface area contributed by atoms with Crippen LogP contribution in [0.4, 0.5) is 4.79 Å². The Bertz CT molecular complexity index is 618. The van der Waals surface area contributed by atoms with Crippen LogP contribution >= 0.6 is 11.6 Å². The van der Waals surface area contributed by atoms with Crippen LogP contribution < -0.4 is 4.74 Å². The van der Waals surface area contributed by atoms with E-state index in [1.807, 2.05) is 0 Å². The predicted octanol–water partition coefficient (Wildman–Crippen LogP) is 1.98. The Labute approximate surface area is 152 Å². The van der Waals surface area contributed by atoms with Crippen molar-refractivity contribution in [3.8, 4) is 5.75 Å². The monoisotopic (exact) mass is 370 g/mol. The van der Waals surface area contributed by atoms with Gasteiger partial charge in [0.05, 0.1) is 18.9 Å². The lowest BCUT2D eigenvalue weighted by Gasteiger charge is -2.39.